The molecule has 1 N–H and O–H groups in total. The zero-order valence-corrected chi connectivity index (χ0v) is 14.5. The highest BCUT2D eigenvalue weighted by Crippen LogP contribution is 2.30. The molecular formula is C20H17F3N2O2. The minimum absolute atomic E-state index is 0.0281. The number of carbonyl (C=O) groups excluding carboxylic acids is 1. The number of benzene rings is 2. The van der Waals surface area contributed by atoms with Crippen LogP contribution in [-0.2, 0) is 17.4 Å². The lowest BCUT2D eigenvalue weighted by Gasteiger charge is -2.16. The molecule has 1 amide bonds. The zero-order chi connectivity index (χ0) is 19.4. The van der Waals surface area contributed by atoms with Crippen molar-refractivity contribution in [1.29, 1.82) is 0 Å². The summed E-state index contributed by atoms with van der Waals surface area (Å²) in [5, 5.41) is 2.68. The highest BCUT2D eigenvalue weighted by atomic mass is 19.4. The molecule has 0 aliphatic rings. The van der Waals surface area contributed by atoms with E-state index in [-0.39, 0.29) is 12.3 Å². The van der Waals surface area contributed by atoms with E-state index in [1.54, 1.807) is 13.0 Å². The molecule has 0 aliphatic carbocycles. The van der Waals surface area contributed by atoms with E-state index in [0.717, 1.165) is 17.7 Å². The first-order valence-electron chi connectivity index (χ1n) is 8.29. The van der Waals surface area contributed by atoms with E-state index in [2.05, 4.69) is 10.3 Å². The Kier molecular flexibility index (Phi) is 5.30. The predicted molar refractivity (Wildman–Crippen MR) is 93.6 cm³/mol. The number of amides is 1. The summed E-state index contributed by atoms with van der Waals surface area (Å²) in [5.74, 6) is 0.0529. The Balaban J connectivity index is 1.64. The maximum Gasteiger partial charge on any atom is 0.416 e. The van der Waals surface area contributed by atoms with Crippen molar-refractivity contribution in [2.24, 2.45) is 0 Å². The number of hydrogen-bond donors (Lipinski definition) is 1. The van der Waals surface area contributed by atoms with Gasteiger partial charge in [-0.3, -0.25) is 4.79 Å². The van der Waals surface area contributed by atoms with Crippen molar-refractivity contribution in [3.63, 3.8) is 0 Å². The molecule has 1 heterocycles. The molecule has 7 heteroatoms. The molecule has 2 aromatic carbocycles. The molecule has 1 unspecified atom stereocenters. The van der Waals surface area contributed by atoms with Crippen molar-refractivity contribution in [3.8, 4) is 11.5 Å². The van der Waals surface area contributed by atoms with Crippen LogP contribution in [0.4, 0.5) is 13.2 Å². The summed E-state index contributed by atoms with van der Waals surface area (Å²) in [7, 11) is 0. The summed E-state index contributed by atoms with van der Waals surface area (Å²) >= 11 is 0. The SMILES string of the molecule is CC(NC(=O)Cc1coc(-c2ccccc2)n1)c1cccc(C(F)(F)F)c1. The Hall–Kier alpha value is -3.09. The normalized spacial score (nSPS) is 12.6. The monoisotopic (exact) mass is 374 g/mol. The molecule has 4 nitrogen and oxygen atoms in total. The molecule has 0 bridgehead atoms. The van der Waals surface area contributed by atoms with E-state index >= 15 is 0 Å². The highest BCUT2D eigenvalue weighted by Gasteiger charge is 2.30. The molecule has 0 fully saturated rings. The molecule has 0 aliphatic heterocycles. The fourth-order valence-corrected chi connectivity index (χ4v) is 2.63. The summed E-state index contributed by atoms with van der Waals surface area (Å²) in [5.41, 5.74) is 0.873. The van der Waals surface area contributed by atoms with Gasteiger partial charge in [-0.15, -0.1) is 0 Å². The largest absolute Gasteiger partial charge is 0.444 e. The van der Waals surface area contributed by atoms with Gasteiger partial charge in [-0.2, -0.15) is 13.2 Å². The Bertz CT molecular complexity index is 920. The van der Waals surface area contributed by atoms with Crippen molar-refractivity contribution in [3.05, 3.63) is 77.7 Å². The zero-order valence-electron chi connectivity index (χ0n) is 14.5. The Labute approximate surface area is 154 Å². The smallest absolute Gasteiger partial charge is 0.416 e. The number of hydrogen-bond acceptors (Lipinski definition) is 3. The third-order valence-electron chi connectivity index (χ3n) is 4.01. The van der Waals surface area contributed by atoms with E-state index < -0.39 is 17.8 Å². The van der Waals surface area contributed by atoms with Crippen LogP contribution in [0, 0.1) is 0 Å². The second-order valence-corrected chi connectivity index (χ2v) is 6.10. The van der Waals surface area contributed by atoms with E-state index in [9.17, 15) is 18.0 Å². The van der Waals surface area contributed by atoms with Crippen LogP contribution in [0.3, 0.4) is 0 Å². The van der Waals surface area contributed by atoms with Gasteiger partial charge in [-0.05, 0) is 36.8 Å². The van der Waals surface area contributed by atoms with E-state index in [4.69, 9.17) is 4.42 Å². The third-order valence-corrected chi connectivity index (χ3v) is 4.01. The number of oxazole rings is 1. The Morgan fingerprint density at radius 2 is 1.89 bits per heavy atom. The van der Waals surface area contributed by atoms with Crippen molar-refractivity contribution in [2.75, 3.05) is 0 Å². The van der Waals surface area contributed by atoms with Gasteiger partial charge >= 0.3 is 6.18 Å². The lowest BCUT2D eigenvalue weighted by molar-refractivity contribution is -0.137. The minimum atomic E-state index is -4.42. The molecule has 0 radical (unpaired) electrons. The number of aromatic nitrogens is 1. The van der Waals surface area contributed by atoms with Crippen LogP contribution in [0.2, 0.25) is 0 Å². The molecule has 0 spiro atoms. The molecule has 27 heavy (non-hydrogen) atoms. The summed E-state index contributed by atoms with van der Waals surface area (Å²) < 4.78 is 43.8. The van der Waals surface area contributed by atoms with Gasteiger partial charge in [0.15, 0.2) is 0 Å². The fraction of sp³-hybridized carbons (Fsp3) is 0.200. The maximum atomic E-state index is 12.8. The first-order chi connectivity index (χ1) is 12.8. The summed E-state index contributed by atoms with van der Waals surface area (Å²) in [6.07, 6.45) is -3.05. The molecule has 0 saturated carbocycles. The van der Waals surface area contributed by atoms with Crippen LogP contribution >= 0.6 is 0 Å². The average molecular weight is 374 g/mol. The first kappa shape index (κ1) is 18.7. The summed E-state index contributed by atoms with van der Waals surface area (Å²) in [6.45, 7) is 1.63. The van der Waals surface area contributed by atoms with Gasteiger partial charge in [-0.1, -0.05) is 30.3 Å². The molecule has 3 rings (SSSR count). The average Bonchev–Trinajstić information content (AvgIpc) is 3.10. The first-order valence-corrected chi connectivity index (χ1v) is 8.29. The second-order valence-electron chi connectivity index (χ2n) is 6.10. The molecule has 0 saturated heterocycles. The Morgan fingerprint density at radius 1 is 1.15 bits per heavy atom. The number of rotatable bonds is 5. The molecule has 1 atom stereocenters. The van der Waals surface area contributed by atoms with Crippen LogP contribution in [0.25, 0.3) is 11.5 Å². The molecule has 1 aromatic heterocycles. The highest BCUT2D eigenvalue weighted by molar-refractivity contribution is 5.78. The van der Waals surface area contributed by atoms with Crippen molar-refractivity contribution in [1.82, 2.24) is 10.3 Å². The van der Waals surface area contributed by atoms with E-state index in [0.29, 0.717) is 17.1 Å². The predicted octanol–water partition coefficient (Wildman–Crippen LogP) is 4.78. The lowest BCUT2D eigenvalue weighted by atomic mass is 10.0. The third kappa shape index (κ3) is 4.75. The lowest BCUT2D eigenvalue weighted by Crippen LogP contribution is -2.28. The van der Waals surface area contributed by atoms with Crippen LogP contribution in [0.15, 0.2) is 65.3 Å². The van der Waals surface area contributed by atoms with Crippen LogP contribution in [0.5, 0.6) is 0 Å². The standard InChI is InChI=1S/C20H17F3N2O2/c1-13(15-8-5-9-16(10-15)20(21,22)23)24-18(26)11-17-12-27-19(25-17)14-6-3-2-4-7-14/h2-10,12-13H,11H2,1H3,(H,24,26). The fourth-order valence-electron chi connectivity index (χ4n) is 2.63. The van der Waals surface area contributed by atoms with Crippen molar-refractivity contribution >= 4 is 5.91 Å². The quantitative estimate of drug-likeness (QED) is 0.699. The molecule has 3 aromatic rings. The van der Waals surface area contributed by atoms with Gasteiger partial charge < -0.3 is 9.73 Å². The van der Waals surface area contributed by atoms with Gasteiger partial charge in [-0.25, -0.2) is 4.98 Å². The summed E-state index contributed by atoms with van der Waals surface area (Å²) in [6, 6.07) is 13.6. The second kappa shape index (κ2) is 7.65. The van der Waals surface area contributed by atoms with Gasteiger partial charge in [0, 0.05) is 5.56 Å². The topological polar surface area (TPSA) is 55.1 Å². The molecular weight excluding hydrogens is 357 g/mol. The minimum Gasteiger partial charge on any atom is -0.444 e. The van der Waals surface area contributed by atoms with Gasteiger partial charge in [0.25, 0.3) is 0 Å². The summed E-state index contributed by atoms with van der Waals surface area (Å²) in [4.78, 5) is 16.5. The number of alkyl halides is 3. The number of carbonyl (C=O) groups is 1. The van der Waals surface area contributed by atoms with Crippen molar-refractivity contribution < 1.29 is 22.4 Å². The van der Waals surface area contributed by atoms with Crippen LogP contribution < -0.4 is 5.32 Å². The van der Waals surface area contributed by atoms with E-state index in [1.807, 2.05) is 30.3 Å². The Morgan fingerprint density at radius 3 is 2.59 bits per heavy atom. The van der Waals surface area contributed by atoms with Gasteiger partial charge in [0.05, 0.1) is 23.7 Å². The van der Waals surface area contributed by atoms with Crippen LogP contribution in [0.1, 0.15) is 29.8 Å². The van der Waals surface area contributed by atoms with Gasteiger partial charge in [0.2, 0.25) is 11.8 Å². The van der Waals surface area contributed by atoms with Crippen molar-refractivity contribution in [2.45, 2.75) is 25.6 Å². The number of halogens is 3. The number of nitrogens with one attached hydrogen (secondary N) is 1. The maximum absolute atomic E-state index is 12.8. The number of nitrogens with zero attached hydrogens (tertiary/aromatic N) is 1. The van der Waals surface area contributed by atoms with E-state index in [1.165, 1.54) is 12.3 Å². The van der Waals surface area contributed by atoms with Crippen LogP contribution in [-0.4, -0.2) is 10.9 Å². The molecule has 140 valence electrons. The van der Waals surface area contributed by atoms with Gasteiger partial charge in [0.1, 0.15) is 6.26 Å².